The lowest BCUT2D eigenvalue weighted by Gasteiger charge is -2.02. The molecule has 2 aromatic heterocycles. The molecule has 2 rings (SSSR count). The molecular formula is C13H17N3O3S. The Labute approximate surface area is 120 Å². The van der Waals surface area contributed by atoms with E-state index in [1.54, 1.807) is 6.20 Å². The van der Waals surface area contributed by atoms with Crippen molar-refractivity contribution in [1.29, 1.82) is 0 Å². The Morgan fingerprint density at radius 3 is 2.90 bits per heavy atom. The second-order valence-corrected chi connectivity index (χ2v) is 5.45. The number of nitrogens with zero attached hydrogens (tertiary/aromatic N) is 2. The van der Waals surface area contributed by atoms with E-state index in [0.717, 1.165) is 23.5 Å². The first-order valence-electron chi connectivity index (χ1n) is 6.51. The summed E-state index contributed by atoms with van der Waals surface area (Å²) in [5.74, 6) is -0.957. The topological polar surface area (TPSA) is 83.7 Å². The highest BCUT2D eigenvalue weighted by Gasteiger charge is 2.11. The fourth-order valence-corrected chi connectivity index (χ4v) is 2.72. The van der Waals surface area contributed by atoms with E-state index in [4.69, 9.17) is 5.11 Å². The van der Waals surface area contributed by atoms with Crippen LogP contribution in [0, 0.1) is 6.92 Å². The summed E-state index contributed by atoms with van der Waals surface area (Å²) in [4.78, 5) is 27.3. The molecule has 0 bridgehead atoms. The van der Waals surface area contributed by atoms with Crippen LogP contribution in [0.4, 0.5) is 0 Å². The maximum atomic E-state index is 11.9. The van der Waals surface area contributed by atoms with Gasteiger partial charge in [0.2, 0.25) is 0 Å². The molecule has 0 atom stereocenters. The first-order valence-corrected chi connectivity index (χ1v) is 7.39. The fourth-order valence-electron chi connectivity index (χ4n) is 1.87. The molecule has 1 amide bonds. The summed E-state index contributed by atoms with van der Waals surface area (Å²) in [6.45, 7) is 2.51. The zero-order chi connectivity index (χ0) is 14.5. The van der Waals surface area contributed by atoms with Gasteiger partial charge < -0.3 is 10.4 Å². The van der Waals surface area contributed by atoms with Gasteiger partial charge in [-0.3, -0.25) is 14.0 Å². The summed E-state index contributed by atoms with van der Waals surface area (Å²) in [6, 6.07) is 0. The second-order valence-electron chi connectivity index (χ2n) is 4.62. The number of carboxylic acid groups (broad SMARTS) is 1. The van der Waals surface area contributed by atoms with Crippen LogP contribution in [-0.4, -0.2) is 32.9 Å². The lowest BCUT2D eigenvalue weighted by molar-refractivity contribution is -0.137. The number of fused-ring (bicyclic) bond motifs is 1. The van der Waals surface area contributed by atoms with Crippen molar-refractivity contribution >= 4 is 28.2 Å². The third-order valence-corrected chi connectivity index (χ3v) is 3.93. The van der Waals surface area contributed by atoms with Gasteiger partial charge in [0, 0.05) is 30.2 Å². The Morgan fingerprint density at radius 2 is 2.20 bits per heavy atom. The first-order chi connectivity index (χ1) is 9.58. The molecule has 0 aliphatic rings. The van der Waals surface area contributed by atoms with Crippen LogP contribution in [0.2, 0.25) is 0 Å². The average Bonchev–Trinajstić information content (AvgIpc) is 2.96. The van der Waals surface area contributed by atoms with Gasteiger partial charge in [0.1, 0.15) is 5.69 Å². The minimum atomic E-state index is -0.775. The van der Waals surface area contributed by atoms with Gasteiger partial charge in [-0.2, -0.15) is 0 Å². The largest absolute Gasteiger partial charge is 0.481 e. The van der Waals surface area contributed by atoms with Crippen molar-refractivity contribution in [3.63, 3.8) is 0 Å². The Bertz CT molecular complexity index is 617. The van der Waals surface area contributed by atoms with Crippen LogP contribution in [0.3, 0.4) is 0 Å². The Hall–Kier alpha value is -1.89. The van der Waals surface area contributed by atoms with Crippen LogP contribution in [0.5, 0.6) is 0 Å². The number of unbranched alkanes of at least 4 members (excludes halogenated alkanes) is 2. The van der Waals surface area contributed by atoms with E-state index >= 15 is 0 Å². The molecule has 20 heavy (non-hydrogen) atoms. The third-order valence-electron chi connectivity index (χ3n) is 2.97. The van der Waals surface area contributed by atoms with Crippen LogP contribution in [-0.2, 0) is 4.79 Å². The van der Waals surface area contributed by atoms with Crippen molar-refractivity contribution in [3.05, 3.63) is 23.0 Å². The third kappa shape index (κ3) is 3.57. The number of carbonyl (C=O) groups excluding carboxylic acids is 1. The van der Waals surface area contributed by atoms with Gasteiger partial charge in [0.15, 0.2) is 4.96 Å². The molecule has 0 aliphatic carbocycles. The zero-order valence-electron chi connectivity index (χ0n) is 11.3. The van der Waals surface area contributed by atoms with Crippen molar-refractivity contribution in [3.8, 4) is 0 Å². The number of hydrogen-bond donors (Lipinski definition) is 2. The highest BCUT2D eigenvalue weighted by molar-refractivity contribution is 7.15. The Morgan fingerprint density at radius 1 is 1.40 bits per heavy atom. The Kier molecular flexibility index (Phi) is 4.73. The molecule has 2 heterocycles. The smallest absolute Gasteiger partial charge is 0.303 e. The molecule has 2 N–H and O–H groups in total. The normalized spacial score (nSPS) is 10.8. The summed E-state index contributed by atoms with van der Waals surface area (Å²) in [5.41, 5.74) is 1.48. The van der Waals surface area contributed by atoms with Gasteiger partial charge >= 0.3 is 5.97 Å². The van der Waals surface area contributed by atoms with Crippen molar-refractivity contribution < 1.29 is 14.7 Å². The van der Waals surface area contributed by atoms with Crippen molar-refractivity contribution in [2.24, 2.45) is 0 Å². The molecule has 0 fully saturated rings. The summed E-state index contributed by atoms with van der Waals surface area (Å²) in [6.07, 6.45) is 4.14. The van der Waals surface area contributed by atoms with Crippen LogP contribution < -0.4 is 5.32 Å². The number of carbonyl (C=O) groups is 2. The van der Waals surface area contributed by atoms with Crippen molar-refractivity contribution in [1.82, 2.24) is 14.7 Å². The van der Waals surface area contributed by atoms with Gasteiger partial charge in [-0.05, 0) is 19.8 Å². The molecule has 0 radical (unpaired) electrons. The molecule has 0 saturated carbocycles. The second kappa shape index (κ2) is 6.51. The lowest BCUT2D eigenvalue weighted by atomic mass is 10.2. The molecule has 0 aromatic carbocycles. The van der Waals surface area contributed by atoms with E-state index in [1.807, 2.05) is 16.7 Å². The van der Waals surface area contributed by atoms with E-state index in [9.17, 15) is 9.59 Å². The minimum absolute atomic E-state index is 0.182. The quantitative estimate of drug-likeness (QED) is 0.766. The molecule has 6 nitrogen and oxygen atoms in total. The monoisotopic (exact) mass is 295 g/mol. The van der Waals surface area contributed by atoms with Crippen LogP contribution in [0.1, 0.15) is 41.9 Å². The number of thiazole rings is 1. The summed E-state index contributed by atoms with van der Waals surface area (Å²) < 4.78 is 1.90. The number of imidazole rings is 1. The first kappa shape index (κ1) is 14.5. The van der Waals surface area contributed by atoms with E-state index in [-0.39, 0.29) is 12.3 Å². The average molecular weight is 295 g/mol. The number of amides is 1. The maximum absolute atomic E-state index is 11.9. The number of aliphatic carboxylic acids is 1. The summed E-state index contributed by atoms with van der Waals surface area (Å²) in [5, 5.41) is 13.3. The van der Waals surface area contributed by atoms with E-state index in [0.29, 0.717) is 18.7 Å². The van der Waals surface area contributed by atoms with E-state index in [1.165, 1.54) is 11.3 Å². The van der Waals surface area contributed by atoms with Crippen molar-refractivity contribution in [2.45, 2.75) is 32.6 Å². The molecule has 0 unspecified atom stereocenters. The zero-order valence-corrected chi connectivity index (χ0v) is 12.1. The standard InChI is InChI=1S/C13H17N3O3S/c1-9-8-20-13-15-10(7-16(9)13)12(19)14-6-4-2-3-5-11(17)18/h7-8H,2-6H2,1H3,(H,14,19)(H,17,18). The molecule has 0 saturated heterocycles. The number of aryl methyl sites for hydroxylation is 1. The fraction of sp³-hybridized carbons (Fsp3) is 0.462. The number of rotatable bonds is 7. The van der Waals surface area contributed by atoms with Crippen molar-refractivity contribution in [2.75, 3.05) is 6.54 Å². The lowest BCUT2D eigenvalue weighted by Crippen LogP contribution is -2.24. The van der Waals surface area contributed by atoms with Gasteiger partial charge in [-0.15, -0.1) is 11.3 Å². The van der Waals surface area contributed by atoms with Crippen LogP contribution >= 0.6 is 11.3 Å². The molecule has 108 valence electrons. The van der Waals surface area contributed by atoms with Gasteiger partial charge in [0.25, 0.3) is 5.91 Å². The van der Waals surface area contributed by atoms with Crippen LogP contribution in [0.15, 0.2) is 11.6 Å². The van der Waals surface area contributed by atoms with Gasteiger partial charge in [-0.25, -0.2) is 4.98 Å². The van der Waals surface area contributed by atoms with E-state index in [2.05, 4.69) is 10.3 Å². The highest BCUT2D eigenvalue weighted by atomic mass is 32.1. The minimum Gasteiger partial charge on any atom is -0.481 e. The molecule has 0 aliphatic heterocycles. The Balaban J connectivity index is 1.76. The number of aromatic nitrogens is 2. The number of hydrogen-bond acceptors (Lipinski definition) is 4. The molecular weight excluding hydrogens is 278 g/mol. The SMILES string of the molecule is Cc1csc2nc(C(=O)NCCCCCC(=O)O)cn12. The predicted molar refractivity (Wildman–Crippen MR) is 76.2 cm³/mol. The summed E-state index contributed by atoms with van der Waals surface area (Å²) in [7, 11) is 0. The molecule has 7 heteroatoms. The number of carboxylic acids is 1. The predicted octanol–water partition coefficient (Wildman–Crippen LogP) is 2.08. The molecule has 0 spiro atoms. The molecule has 2 aromatic rings. The van der Waals surface area contributed by atoms with Gasteiger partial charge in [0.05, 0.1) is 0 Å². The van der Waals surface area contributed by atoms with E-state index < -0.39 is 5.97 Å². The number of nitrogens with one attached hydrogen (secondary N) is 1. The van der Waals surface area contributed by atoms with Gasteiger partial charge in [-0.1, -0.05) is 6.42 Å². The summed E-state index contributed by atoms with van der Waals surface area (Å²) >= 11 is 1.51. The highest BCUT2D eigenvalue weighted by Crippen LogP contribution is 2.15. The van der Waals surface area contributed by atoms with Crippen LogP contribution in [0.25, 0.3) is 4.96 Å². The maximum Gasteiger partial charge on any atom is 0.303 e.